The summed E-state index contributed by atoms with van der Waals surface area (Å²) < 4.78 is 18.0. The first kappa shape index (κ1) is 21.0. The van der Waals surface area contributed by atoms with Crippen LogP contribution in [0.4, 0.5) is 11.4 Å². The third-order valence-corrected chi connectivity index (χ3v) is 5.07. The number of benzene rings is 2. The van der Waals surface area contributed by atoms with Crippen LogP contribution in [-0.2, 0) is 13.2 Å². The molecule has 0 radical (unpaired) electrons. The van der Waals surface area contributed by atoms with Gasteiger partial charge in [-0.25, -0.2) is 9.98 Å². The van der Waals surface area contributed by atoms with Crippen LogP contribution in [0.5, 0.6) is 17.2 Å². The Kier molecular flexibility index (Phi) is 5.84. The van der Waals surface area contributed by atoms with Crippen LogP contribution in [0.25, 0.3) is 0 Å². The van der Waals surface area contributed by atoms with Crippen LogP contribution >= 0.6 is 0 Å². The van der Waals surface area contributed by atoms with Crippen LogP contribution in [0.3, 0.4) is 0 Å². The van der Waals surface area contributed by atoms with Gasteiger partial charge in [-0.3, -0.25) is 10.1 Å². The molecule has 0 bridgehead atoms. The number of fused-ring (bicyclic) bond motifs is 1. The van der Waals surface area contributed by atoms with Gasteiger partial charge >= 0.3 is 0 Å². The van der Waals surface area contributed by atoms with Crippen LogP contribution in [0.15, 0.2) is 53.8 Å². The van der Waals surface area contributed by atoms with Crippen molar-refractivity contribution in [2.45, 2.75) is 13.2 Å². The molecule has 2 aromatic carbocycles. The Morgan fingerprint density at radius 3 is 2.53 bits per heavy atom. The number of carbonyl (C=O) groups is 1. The lowest BCUT2D eigenvalue weighted by Gasteiger charge is -2.17. The maximum absolute atomic E-state index is 12.7. The van der Waals surface area contributed by atoms with Crippen molar-refractivity contribution >= 4 is 23.2 Å². The van der Waals surface area contributed by atoms with E-state index in [2.05, 4.69) is 24.8 Å². The van der Waals surface area contributed by atoms with Gasteiger partial charge in [0.2, 0.25) is 11.7 Å². The predicted molar refractivity (Wildman–Crippen MR) is 120 cm³/mol. The summed E-state index contributed by atoms with van der Waals surface area (Å²) >= 11 is 0. The molecule has 10 nitrogen and oxygen atoms in total. The summed E-state index contributed by atoms with van der Waals surface area (Å²) in [5.74, 6) is 1.66. The number of anilines is 1. The van der Waals surface area contributed by atoms with Crippen molar-refractivity contribution < 1.29 is 19.0 Å². The van der Waals surface area contributed by atoms with Gasteiger partial charge in [0.25, 0.3) is 5.91 Å². The highest BCUT2D eigenvalue weighted by atomic mass is 16.5. The molecule has 0 fully saturated rings. The Labute approximate surface area is 185 Å². The monoisotopic (exact) mass is 436 g/mol. The van der Waals surface area contributed by atoms with Crippen LogP contribution in [0.2, 0.25) is 0 Å². The highest BCUT2D eigenvalue weighted by molar-refractivity contribution is 6.06. The first-order valence-corrected chi connectivity index (χ1v) is 9.83. The number of hydrogen-bond acceptors (Lipinski definition) is 7. The minimum absolute atomic E-state index is 0.0322. The number of imidazole rings is 1. The van der Waals surface area contributed by atoms with Gasteiger partial charge in [0.15, 0.2) is 11.5 Å². The number of amides is 1. The van der Waals surface area contributed by atoms with Gasteiger partial charge in [0.05, 0.1) is 40.2 Å². The molecule has 10 heteroatoms. The van der Waals surface area contributed by atoms with Crippen molar-refractivity contribution in [2.24, 2.45) is 10.7 Å². The molecule has 0 saturated heterocycles. The lowest BCUT2D eigenvalue weighted by Crippen LogP contribution is -2.36. The third kappa shape index (κ3) is 4.15. The Morgan fingerprint density at radius 2 is 1.88 bits per heavy atom. The van der Waals surface area contributed by atoms with Gasteiger partial charge in [-0.15, -0.1) is 0 Å². The molecule has 4 rings (SSSR count). The van der Waals surface area contributed by atoms with Crippen LogP contribution < -0.4 is 30.2 Å². The molecule has 1 aliphatic heterocycles. The molecule has 1 aromatic heterocycles. The zero-order chi connectivity index (χ0) is 22.7. The molecule has 3 aromatic rings. The summed E-state index contributed by atoms with van der Waals surface area (Å²) in [5.41, 5.74) is 7.90. The SMILES string of the molecule is COc1cc(C(=O)NC(N)=Nc2cccc(N3Cc4nccn4C3)c2)cc(OC)c1OC. The van der Waals surface area contributed by atoms with Gasteiger partial charge in [-0.1, -0.05) is 6.07 Å². The zero-order valence-corrected chi connectivity index (χ0v) is 18.0. The number of nitrogens with two attached hydrogens (primary N) is 1. The number of aliphatic imine (C=N–C) groups is 1. The first-order valence-electron chi connectivity index (χ1n) is 9.83. The maximum atomic E-state index is 12.7. The van der Waals surface area contributed by atoms with Crippen molar-refractivity contribution in [1.82, 2.24) is 14.9 Å². The molecule has 0 spiro atoms. The number of guanidine groups is 1. The fraction of sp³-hybridized carbons (Fsp3) is 0.227. The van der Waals surface area contributed by atoms with Gasteiger partial charge in [0.1, 0.15) is 5.82 Å². The number of carbonyl (C=O) groups excluding carboxylic acids is 1. The van der Waals surface area contributed by atoms with E-state index in [1.54, 1.807) is 18.3 Å². The Bertz CT molecular complexity index is 1130. The van der Waals surface area contributed by atoms with E-state index in [0.717, 1.165) is 18.2 Å². The molecule has 3 N–H and O–H groups in total. The van der Waals surface area contributed by atoms with E-state index in [1.807, 2.05) is 30.5 Å². The summed E-state index contributed by atoms with van der Waals surface area (Å²) in [4.78, 5) is 23.6. The fourth-order valence-electron chi connectivity index (χ4n) is 3.52. The molecule has 0 saturated carbocycles. The minimum atomic E-state index is -0.452. The highest BCUT2D eigenvalue weighted by Gasteiger charge is 2.20. The van der Waals surface area contributed by atoms with Crippen molar-refractivity contribution in [3.63, 3.8) is 0 Å². The van der Waals surface area contributed by atoms with Crippen molar-refractivity contribution in [2.75, 3.05) is 26.2 Å². The second-order valence-corrected chi connectivity index (χ2v) is 7.04. The highest BCUT2D eigenvalue weighted by Crippen LogP contribution is 2.38. The largest absolute Gasteiger partial charge is 0.493 e. The molecule has 32 heavy (non-hydrogen) atoms. The smallest absolute Gasteiger partial charge is 0.258 e. The molecule has 0 unspecified atom stereocenters. The summed E-state index contributed by atoms with van der Waals surface area (Å²) in [7, 11) is 4.46. The normalized spacial score (nSPS) is 13.0. The number of rotatable bonds is 6. The molecule has 2 heterocycles. The molecular weight excluding hydrogens is 412 g/mol. The molecule has 0 aliphatic carbocycles. The summed E-state index contributed by atoms with van der Waals surface area (Å²) in [6, 6.07) is 10.7. The second kappa shape index (κ2) is 8.88. The second-order valence-electron chi connectivity index (χ2n) is 7.04. The number of methoxy groups -OCH3 is 3. The predicted octanol–water partition coefficient (Wildman–Crippen LogP) is 2.26. The summed E-state index contributed by atoms with van der Waals surface area (Å²) in [6.45, 7) is 1.43. The van der Waals surface area contributed by atoms with Crippen molar-refractivity contribution in [3.05, 3.63) is 60.2 Å². The average molecular weight is 436 g/mol. The quantitative estimate of drug-likeness (QED) is 0.450. The maximum Gasteiger partial charge on any atom is 0.258 e. The van der Waals surface area contributed by atoms with Gasteiger partial charge in [0, 0.05) is 23.6 Å². The lowest BCUT2D eigenvalue weighted by atomic mass is 10.1. The summed E-state index contributed by atoms with van der Waals surface area (Å²) in [5, 5.41) is 2.59. The molecule has 1 amide bonds. The Morgan fingerprint density at radius 1 is 1.12 bits per heavy atom. The minimum Gasteiger partial charge on any atom is -0.493 e. The van der Waals surface area contributed by atoms with E-state index in [4.69, 9.17) is 19.9 Å². The van der Waals surface area contributed by atoms with E-state index in [-0.39, 0.29) is 11.5 Å². The molecule has 1 aliphatic rings. The van der Waals surface area contributed by atoms with Gasteiger partial charge in [-0.05, 0) is 30.3 Å². The van der Waals surface area contributed by atoms with E-state index in [9.17, 15) is 4.79 Å². The number of nitrogens with one attached hydrogen (secondary N) is 1. The van der Waals surface area contributed by atoms with Crippen LogP contribution in [0.1, 0.15) is 16.2 Å². The number of ether oxygens (including phenoxy) is 3. The number of hydrogen-bond donors (Lipinski definition) is 2. The standard InChI is InChI=1S/C22H24N6O4/c1-30-17-9-14(10-18(31-2)20(17)32-3)21(29)26-22(23)25-15-5-4-6-16(11-15)28-12-19-24-7-8-27(19)13-28/h4-11H,12-13H2,1-3H3,(H3,23,25,26,29). The van der Waals surface area contributed by atoms with Gasteiger partial charge < -0.3 is 29.4 Å². The Balaban J connectivity index is 1.49. The molecule has 0 atom stereocenters. The zero-order valence-electron chi connectivity index (χ0n) is 18.0. The van der Waals surface area contributed by atoms with E-state index >= 15 is 0 Å². The van der Waals surface area contributed by atoms with Crippen LogP contribution in [0, 0.1) is 0 Å². The van der Waals surface area contributed by atoms with Gasteiger partial charge in [-0.2, -0.15) is 0 Å². The average Bonchev–Trinajstić information content (AvgIpc) is 3.40. The number of aromatic nitrogens is 2. The third-order valence-electron chi connectivity index (χ3n) is 5.07. The molecule has 166 valence electrons. The van der Waals surface area contributed by atoms with Crippen LogP contribution in [-0.4, -0.2) is 42.7 Å². The van der Waals surface area contributed by atoms with E-state index in [1.165, 1.54) is 21.3 Å². The number of nitrogens with zero attached hydrogens (tertiary/aromatic N) is 4. The fourth-order valence-corrected chi connectivity index (χ4v) is 3.52. The summed E-state index contributed by atoms with van der Waals surface area (Å²) in [6.07, 6.45) is 3.75. The van der Waals surface area contributed by atoms with E-state index < -0.39 is 5.91 Å². The van der Waals surface area contributed by atoms with Crippen molar-refractivity contribution in [1.29, 1.82) is 0 Å². The topological polar surface area (TPSA) is 116 Å². The first-order chi connectivity index (χ1) is 15.5. The Hall–Kier alpha value is -4.21. The van der Waals surface area contributed by atoms with E-state index in [0.29, 0.717) is 29.5 Å². The van der Waals surface area contributed by atoms with Crippen molar-refractivity contribution in [3.8, 4) is 17.2 Å². The molecular formula is C22H24N6O4. The lowest BCUT2D eigenvalue weighted by molar-refractivity contribution is 0.0976.